The summed E-state index contributed by atoms with van der Waals surface area (Å²) in [6.45, 7) is 6.36. The molecule has 8 heteroatoms. The Bertz CT molecular complexity index is 964. The van der Waals surface area contributed by atoms with Crippen molar-refractivity contribution in [2.24, 2.45) is 5.41 Å². The average molecular weight is 434 g/mol. The molecule has 0 aromatic heterocycles. The van der Waals surface area contributed by atoms with Crippen molar-refractivity contribution in [2.45, 2.75) is 39.8 Å². The third kappa shape index (κ3) is 5.57. The molecule has 1 N–H and O–H groups in total. The van der Waals surface area contributed by atoms with Crippen molar-refractivity contribution in [1.29, 1.82) is 0 Å². The maximum Gasteiger partial charge on any atom is 0.416 e. The molecule has 166 valence electrons. The number of halogens is 3. The van der Waals surface area contributed by atoms with Crippen LogP contribution >= 0.6 is 0 Å². The van der Waals surface area contributed by atoms with Crippen molar-refractivity contribution in [3.8, 4) is 5.75 Å². The van der Waals surface area contributed by atoms with Crippen LogP contribution in [-0.4, -0.2) is 25.0 Å². The number of hydrogen-bond acceptors (Lipinski definition) is 3. The van der Waals surface area contributed by atoms with E-state index in [0.29, 0.717) is 42.3 Å². The van der Waals surface area contributed by atoms with Gasteiger partial charge in [-0.2, -0.15) is 13.2 Å². The highest BCUT2D eigenvalue weighted by atomic mass is 19.4. The number of aryl methyl sites for hydroxylation is 1. The van der Waals surface area contributed by atoms with Crippen LogP contribution in [0.3, 0.4) is 0 Å². The molecule has 0 fully saturated rings. The van der Waals surface area contributed by atoms with Crippen LogP contribution in [0.2, 0.25) is 0 Å². The second kappa shape index (κ2) is 8.61. The Kier molecular flexibility index (Phi) is 6.29. The molecule has 0 atom stereocenters. The Balaban J connectivity index is 1.65. The van der Waals surface area contributed by atoms with Crippen molar-refractivity contribution in [2.75, 3.05) is 23.4 Å². The summed E-state index contributed by atoms with van der Waals surface area (Å²) >= 11 is 0. The van der Waals surface area contributed by atoms with Crippen LogP contribution in [0.25, 0.3) is 0 Å². The summed E-state index contributed by atoms with van der Waals surface area (Å²) < 4.78 is 43.6. The fourth-order valence-corrected chi connectivity index (χ4v) is 3.25. The first kappa shape index (κ1) is 22.7. The van der Waals surface area contributed by atoms with Crippen LogP contribution in [0, 0.1) is 5.41 Å². The number of hydrogen-bond donors (Lipinski definition) is 1. The highest BCUT2D eigenvalue weighted by Crippen LogP contribution is 2.36. The number of rotatable bonds is 4. The first-order valence-electron chi connectivity index (χ1n) is 10.00. The predicted molar refractivity (Wildman–Crippen MR) is 112 cm³/mol. The molecule has 0 saturated heterocycles. The van der Waals surface area contributed by atoms with Gasteiger partial charge in [-0.25, -0.2) is 0 Å². The first-order valence-corrected chi connectivity index (χ1v) is 10.00. The van der Waals surface area contributed by atoms with Gasteiger partial charge in [0.1, 0.15) is 12.4 Å². The summed E-state index contributed by atoms with van der Waals surface area (Å²) in [6.07, 6.45) is -3.95. The fourth-order valence-electron chi connectivity index (χ4n) is 3.25. The van der Waals surface area contributed by atoms with Crippen molar-refractivity contribution < 1.29 is 27.5 Å². The van der Waals surface area contributed by atoms with Crippen LogP contribution in [-0.2, 0) is 22.2 Å². The van der Waals surface area contributed by atoms with Gasteiger partial charge in [-0.15, -0.1) is 0 Å². The number of amides is 2. The largest absolute Gasteiger partial charge is 0.490 e. The molecule has 0 bridgehead atoms. The second-order valence-electron chi connectivity index (χ2n) is 8.48. The number of nitrogens with one attached hydrogen (secondary N) is 1. The Labute approximate surface area is 179 Å². The maximum absolute atomic E-state index is 12.8. The van der Waals surface area contributed by atoms with Crippen LogP contribution < -0.4 is 15.0 Å². The van der Waals surface area contributed by atoms with E-state index in [4.69, 9.17) is 4.74 Å². The number of ether oxygens (including phenoxy) is 1. The number of alkyl halides is 3. The summed E-state index contributed by atoms with van der Waals surface area (Å²) in [5.74, 6) is 0.264. The minimum absolute atomic E-state index is 0.0390. The smallest absolute Gasteiger partial charge is 0.416 e. The third-order valence-corrected chi connectivity index (χ3v) is 4.91. The Morgan fingerprint density at radius 3 is 2.35 bits per heavy atom. The average Bonchev–Trinajstić information content (AvgIpc) is 2.70. The summed E-state index contributed by atoms with van der Waals surface area (Å²) in [5, 5.41) is 2.78. The summed E-state index contributed by atoms with van der Waals surface area (Å²) in [7, 11) is 0. The number of anilines is 2. The molecule has 2 aromatic rings. The SMILES string of the molecule is CC(C)(C)C(=O)N1CCOc2ccc(NC(=O)CCc3ccc(C(F)(F)F)cc3)cc21. The van der Waals surface area contributed by atoms with Gasteiger partial charge >= 0.3 is 6.18 Å². The molecule has 0 unspecified atom stereocenters. The number of benzene rings is 2. The molecular formula is C23H25F3N2O3. The third-order valence-electron chi connectivity index (χ3n) is 4.91. The van der Waals surface area contributed by atoms with Gasteiger partial charge < -0.3 is 15.0 Å². The molecule has 0 radical (unpaired) electrons. The van der Waals surface area contributed by atoms with Gasteiger partial charge in [-0.1, -0.05) is 32.9 Å². The molecule has 2 aromatic carbocycles. The molecule has 2 amide bonds. The number of fused-ring (bicyclic) bond motifs is 1. The van der Waals surface area contributed by atoms with E-state index in [2.05, 4.69) is 5.32 Å². The zero-order valence-electron chi connectivity index (χ0n) is 17.7. The van der Waals surface area contributed by atoms with Crippen LogP contribution in [0.15, 0.2) is 42.5 Å². The minimum atomic E-state index is -4.38. The van der Waals surface area contributed by atoms with E-state index in [1.165, 1.54) is 12.1 Å². The van der Waals surface area contributed by atoms with E-state index >= 15 is 0 Å². The van der Waals surface area contributed by atoms with Gasteiger partial charge in [0, 0.05) is 17.5 Å². The number of carbonyl (C=O) groups excluding carboxylic acids is 2. The predicted octanol–water partition coefficient (Wildman–Crippen LogP) is 5.05. The lowest BCUT2D eigenvalue weighted by atomic mass is 9.94. The van der Waals surface area contributed by atoms with Crippen LogP contribution in [0.1, 0.15) is 38.3 Å². The van der Waals surface area contributed by atoms with Gasteiger partial charge in [-0.05, 0) is 42.3 Å². The molecule has 1 heterocycles. The highest BCUT2D eigenvalue weighted by Gasteiger charge is 2.32. The summed E-state index contributed by atoms with van der Waals surface area (Å²) in [4.78, 5) is 26.8. The second-order valence-corrected chi connectivity index (χ2v) is 8.48. The van der Waals surface area contributed by atoms with E-state index in [-0.39, 0.29) is 18.2 Å². The Morgan fingerprint density at radius 1 is 1.06 bits per heavy atom. The monoisotopic (exact) mass is 434 g/mol. The standard InChI is InChI=1S/C23H25F3N2O3/c1-22(2,3)21(30)28-12-13-31-19-10-9-17(14-18(19)28)27-20(29)11-6-15-4-7-16(8-5-15)23(24,25)26/h4-5,7-10,14H,6,11-13H2,1-3H3,(H,27,29). The number of nitrogens with zero attached hydrogens (tertiary/aromatic N) is 1. The molecule has 3 rings (SSSR count). The zero-order valence-corrected chi connectivity index (χ0v) is 17.7. The molecule has 5 nitrogen and oxygen atoms in total. The van der Waals surface area contributed by atoms with Crippen molar-refractivity contribution in [3.63, 3.8) is 0 Å². The van der Waals surface area contributed by atoms with Gasteiger partial charge in [-0.3, -0.25) is 9.59 Å². The van der Waals surface area contributed by atoms with E-state index in [1.54, 1.807) is 23.1 Å². The van der Waals surface area contributed by atoms with Crippen molar-refractivity contribution in [1.82, 2.24) is 0 Å². The maximum atomic E-state index is 12.8. The zero-order chi connectivity index (χ0) is 22.8. The van der Waals surface area contributed by atoms with Gasteiger partial charge in [0.2, 0.25) is 11.8 Å². The van der Waals surface area contributed by atoms with Crippen molar-refractivity contribution >= 4 is 23.2 Å². The van der Waals surface area contributed by atoms with Gasteiger partial charge in [0.05, 0.1) is 17.8 Å². The van der Waals surface area contributed by atoms with E-state index in [0.717, 1.165) is 12.1 Å². The first-order chi connectivity index (χ1) is 14.4. The normalized spacial score (nSPS) is 13.9. The lowest BCUT2D eigenvalue weighted by Gasteiger charge is -2.34. The summed E-state index contributed by atoms with van der Waals surface area (Å²) in [5.41, 5.74) is 0.491. The molecule has 0 aliphatic carbocycles. The van der Waals surface area contributed by atoms with Gasteiger partial charge in [0.15, 0.2) is 0 Å². The summed E-state index contributed by atoms with van der Waals surface area (Å²) in [6, 6.07) is 9.89. The molecule has 1 aliphatic rings. The van der Waals surface area contributed by atoms with Crippen LogP contribution in [0.5, 0.6) is 5.75 Å². The highest BCUT2D eigenvalue weighted by molar-refractivity contribution is 6.00. The van der Waals surface area contributed by atoms with E-state index in [1.807, 2.05) is 20.8 Å². The quantitative estimate of drug-likeness (QED) is 0.733. The Hall–Kier alpha value is -3.03. The molecule has 1 aliphatic heterocycles. The van der Waals surface area contributed by atoms with E-state index < -0.39 is 17.2 Å². The fraction of sp³-hybridized carbons (Fsp3) is 0.391. The van der Waals surface area contributed by atoms with E-state index in [9.17, 15) is 22.8 Å². The molecular weight excluding hydrogens is 409 g/mol. The lowest BCUT2D eigenvalue weighted by molar-refractivity contribution is -0.137. The van der Waals surface area contributed by atoms with Crippen LogP contribution in [0.4, 0.5) is 24.5 Å². The topological polar surface area (TPSA) is 58.6 Å². The lowest BCUT2D eigenvalue weighted by Crippen LogP contribution is -2.44. The molecule has 0 saturated carbocycles. The molecule has 0 spiro atoms. The van der Waals surface area contributed by atoms with Gasteiger partial charge in [0.25, 0.3) is 0 Å². The minimum Gasteiger partial charge on any atom is -0.490 e. The molecule has 31 heavy (non-hydrogen) atoms. The van der Waals surface area contributed by atoms with Crippen molar-refractivity contribution in [3.05, 3.63) is 53.6 Å². The number of carbonyl (C=O) groups is 2. The Morgan fingerprint density at radius 2 is 1.74 bits per heavy atom.